The molecule has 0 fully saturated rings. The van der Waals surface area contributed by atoms with Crippen molar-refractivity contribution in [2.45, 2.75) is 0 Å². The van der Waals surface area contributed by atoms with E-state index < -0.39 is 17.9 Å². The molecule has 2 N–H and O–H groups in total. The summed E-state index contributed by atoms with van der Waals surface area (Å²) in [6.45, 7) is 0. The number of hydrogen-bond acceptors (Lipinski definition) is 4. The molecule has 2 rings (SSSR count). The molecule has 0 unspecified atom stereocenters. The van der Waals surface area contributed by atoms with Gasteiger partial charge < -0.3 is 14.9 Å². The minimum atomic E-state index is -1.31. The van der Waals surface area contributed by atoms with Crippen LogP contribution in [0.2, 0.25) is 0 Å². The second-order valence-electron chi connectivity index (χ2n) is 4.11. The van der Waals surface area contributed by atoms with Crippen LogP contribution in [-0.2, 0) is 0 Å². The first-order chi connectivity index (χ1) is 9.97. The number of esters is 1. The van der Waals surface area contributed by atoms with Crippen molar-refractivity contribution in [3.05, 3.63) is 65.2 Å². The van der Waals surface area contributed by atoms with E-state index in [1.807, 2.05) is 0 Å². The van der Waals surface area contributed by atoms with Gasteiger partial charge in [0.05, 0.1) is 16.7 Å². The normalized spacial score (nSPS) is 9.90. The Balaban J connectivity index is 2.33. The first-order valence-electron chi connectivity index (χ1n) is 5.86. The fourth-order valence-corrected chi connectivity index (χ4v) is 1.65. The van der Waals surface area contributed by atoms with E-state index >= 15 is 0 Å². The summed E-state index contributed by atoms with van der Waals surface area (Å²) in [6.07, 6.45) is 0. The molecule has 0 bridgehead atoms. The summed E-state index contributed by atoms with van der Waals surface area (Å²) >= 11 is 0. The quantitative estimate of drug-likeness (QED) is 0.660. The molecule has 0 saturated heterocycles. The van der Waals surface area contributed by atoms with Gasteiger partial charge in [-0.1, -0.05) is 18.2 Å². The molecule has 0 saturated carbocycles. The molecule has 6 heteroatoms. The molecule has 0 atom stereocenters. The lowest BCUT2D eigenvalue weighted by Gasteiger charge is -2.06. The van der Waals surface area contributed by atoms with E-state index in [2.05, 4.69) is 0 Å². The smallest absolute Gasteiger partial charge is 0.343 e. The van der Waals surface area contributed by atoms with Crippen LogP contribution in [-0.4, -0.2) is 28.1 Å². The van der Waals surface area contributed by atoms with E-state index in [-0.39, 0.29) is 22.4 Å². The van der Waals surface area contributed by atoms with Gasteiger partial charge in [0.1, 0.15) is 5.75 Å². The number of benzene rings is 2. The van der Waals surface area contributed by atoms with Crippen LogP contribution in [0.5, 0.6) is 5.75 Å². The number of aromatic carboxylic acids is 2. The Labute approximate surface area is 119 Å². The zero-order valence-corrected chi connectivity index (χ0v) is 10.6. The van der Waals surface area contributed by atoms with Crippen LogP contribution in [0.3, 0.4) is 0 Å². The number of ether oxygens (including phenoxy) is 1. The highest BCUT2D eigenvalue weighted by Gasteiger charge is 2.15. The summed E-state index contributed by atoms with van der Waals surface area (Å²) in [5.41, 5.74) is -0.272. The average molecular weight is 286 g/mol. The molecule has 2 aromatic rings. The minimum Gasteiger partial charge on any atom is -0.478 e. The van der Waals surface area contributed by atoms with Crippen molar-refractivity contribution in [3.8, 4) is 5.75 Å². The van der Waals surface area contributed by atoms with Crippen molar-refractivity contribution >= 4 is 17.9 Å². The summed E-state index contributed by atoms with van der Waals surface area (Å²) in [6, 6.07) is 11.3. The zero-order chi connectivity index (χ0) is 15.4. The molecule has 2 aromatic carbocycles. The highest BCUT2D eigenvalue weighted by molar-refractivity contribution is 5.96. The highest BCUT2D eigenvalue weighted by Crippen LogP contribution is 2.19. The molecule has 0 aliphatic rings. The molecule has 106 valence electrons. The minimum absolute atomic E-state index is 0.138. The Morgan fingerprint density at radius 2 is 1.29 bits per heavy atom. The summed E-state index contributed by atoms with van der Waals surface area (Å²) in [4.78, 5) is 33.8. The molecule has 0 aliphatic carbocycles. The van der Waals surface area contributed by atoms with Crippen molar-refractivity contribution in [1.82, 2.24) is 0 Å². The lowest BCUT2D eigenvalue weighted by atomic mass is 10.1. The lowest BCUT2D eigenvalue weighted by molar-refractivity contribution is 0.0681. The van der Waals surface area contributed by atoms with Crippen LogP contribution in [0.1, 0.15) is 31.1 Å². The Bertz CT molecular complexity index is 673. The third kappa shape index (κ3) is 3.44. The Morgan fingerprint density at radius 3 is 1.76 bits per heavy atom. The summed E-state index contributed by atoms with van der Waals surface area (Å²) in [7, 11) is 0. The van der Waals surface area contributed by atoms with Crippen LogP contribution < -0.4 is 4.74 Å². The van der Waals surface area contributed by atoms with Gasteiger partial charge >= 0.3 is 17.9 Å². The van der Waals surface area contributed by atoms with Crippen molar-refractivity contribution < 1.29 is 29.3 Å². The lowest BCUT2D eigenvalue weighted by Crippen LogP contribution is -2.10. The number of hydrogen-bond donors (Lipinski definition) is 2. The zero-order valence-electron chi connectivity index (χ0n) is 10.6. The van der Waals surface area contributed by atoms with Gasteiger partial charge in [-0.2, -0.15) is 0 Å². The van der Waals surface area contributed by atoms with Gasteiger partial charge in [-0.25, -0.2) is 14.4 Å². The first-order valence-corrected chi connectivity index (χ1v) is 5.86. The van der Waals surface area contributed by atoms with Gasteiger partial charge in [-0.3, -0.25) is 0 Å². The van der Waals surface area contributed by atoms with Crippen molar-refractivity contribution in [2.75, 3.05) is 0 Å². The van der Waals surface area contributed by atoms with Crippen molar-refractivity contribution in [2.24, 2.45) is 0 Å². The van der Waals surface area contributed by atoms with Crippen LogP contribution >= 0.6 is 0 Å². The third-order valence-corrected chi connectivity index (χ3v) is 2.62. The van der Waals surface area contributed by atoms with Crippen molar-refractivity contribution in [3.63, 3.8) is 0 Å². The van der Waals surface area contributed by atoms with E-state index in [1.54, 1.807) is 18.2 Å². The standard InChI is InChI=1S/C15H10O6/c16-13(17)10-6-11(14(18)19)8-12(7-10)21-15(20)9-4-2-1-3-5-9/h1-8H,(H,16,17)(H,18,19). The molecule has 0 amide bonds. The monoisotopic (exact) mass is 286 g/mol. The molecule has 0 aromatic heterocycles. The molecular weight excluding hydrogens is 276 g/mol. The predicted molar refractivity (Wildman–Crippen MR) is 71.8 cm³/mol. The number of carbonyl (C=O) groups excluding carboxylic acids is 1. The number of carboxylic acids is 2. The van der Waals surface area contributed by atoms with Crippen LogP contribution in [0.4, 0.5) is 0 Å². The number of carboxylic acid groups (broad SMARTS) is 2. The second-order valence-corrected chi connectivity index (χ2v) is 4.11. The van der Waals surface area contributed by atoms with E-state index in [1.165, 1.54) is 12.1 Å². The van der Waals surface area contributed by atoms with Crippen LogP contribution in [0.25, 0.3) is 0 Å². The summed E-state index contributed by atoms with van der Waals surface area (Å²) < 4.78 is 5.02. The van der Waals surface area contributed by atoms with Gasteiger partial charge in [0.15, 0.2) is 0 Å². The molecule has 0 aliphatic heterocycles. The molecule has 21 heavy (non-hydrogen) atoms. The van der Waals surface area contributed by atoms with Crippen molar-refractivity contribution in [1.29, 1.82) is 0 Å². The predicted octanol–water partition coefficient (Wildman–Crippen LogP) is 2.30. The van der Waals surface area contributed by atoms with E-state index in [0.29, 0.717) is 0 Å². The number of carbonyl (C=O) groups is 3. The molecular formula is C15H10O6. The maximum atomic E-state index is 11.9. The van der Waals surface area contributed by atoms with Gasteiger partial charge in [-0.15, -0.1) is 0 Å². The third-order valence-electron chi connectivity index (χ3n) is 2.62. The average Bonchev–Trinajstić information content (AvgIpc) is 2.47. The summed E-state index contributed by atoms with van der Waals surface area (Å²) in [5.74, 6) is -3.46. The summed E-state index contributed by atoms with van der Waals surface area (Å²) in [5, 5.41) is 17.9. The van der Waals surface area contributed by atoms with Gasteiger partial charge in [0, 0.05) is 0 Å². The van der Waals surface area contributed by atoms with E-state index in [0.717, 1.165) is 18.2 Å². The van der Waals surface area contributed by atoms with E-state index in [4.69, 9.17) is 14.9 Å². The molecule has 0 radical (unpaired) electrons. The van der Waals surface area contributed by atoms with Gasteiger partial charge in [0.25, 0.3) is 0 Å². The van der Waals surface area contributed by atoms with Crippen LogP contribution in [0.15, 0.2) is 48.5 Å². The molecule has 0 heterocycles. The van der Waals surface area contributed by atoms with E-state index in [9.17, 15) is 14.4 Å². The van der Waals surface area contributed by atoms with Gasteiger partial charge in [-0.05, 0) is 30.3 Å². The first kappa shape index (κ1) is 14.3. The second kappa shape index (κ2) is 5.87. The SMILES string of the molecule is O=C(O)c1cc(OC(=O)c2ccccc2)cc(C(=O)O)c1. The molecule has 6 nitrogen and oxygen atoms in total. The Morgan fingerprint density at radius 1 is 0.762 bits per heavy atom. The van der Waals surface area contributed by atoms with Crippen LogP contribution in [0, 0.1) is 0 Å². The maximum Gasteiger partial charge on any atom is 0.343 e. The Hall–Kier alpha value is -3.15. The fourth-order valence-electron chi connectivity index (χ4n) is 1.65. The molecule has 0 spiro atoms. The van der Waals surface area contributed by atoms with Gasteiger partial charge in [0.2, 0.25) is 0 Å². The largest absolute Gasteiger partial charge is 0.478 e. The maximum absolute atomic E-state index is 11.9. The highest BCUT2D eigenvalue weighted by atomic mass is 16.5. The Kier molecular flexibility index (Phi) is 3.99. The fraction of sp³-hybridized carbons (Fsp3) is 0. The topological polar surface area (TPSA) is 101 Å². The number of rotatable bonds is 4.